The van der Waals surface area contributed by atoms with Crippen molar-refractivity contribution >= 4 is 22.1 Å². The van der Waals surface area contributed by atoms with Gasteiger partial charge in [-0.1, -0.05) is 60.7 Å². The van der Waals surface area contributed by atoms with Crippen molar-refractivity contribution in [2.24, 2.45) is 0 Å². The zero-order valence-electron chi connectivity index (χ0n) is 18.7. The molecule has 0 aliphatic carbocycles. The standard InChI is InChI=1S/C25H32N2O4S/c1-3-32(29,30)27-23-15-16-26-24(23)18-19-9-8-12-21(17-19)22-13-6-4-10-20(22)11-5-7-14-25(28)31-2/h4-6,8-13,17,23-24,26-27H,3,7,14-16,18H2,1-2H3/b11-5+. The van der Waals surface area contributed by atoms with Crippen LogP contribution in [0.4, 0.5) is 0 Å². The molecule has 2 aromatic carbocycles. The summed E-state index contributed by atoms with van der Waals surface area (Å²) in [7, 11) is -1.83. The van der Waals surface area contributed by atoms with E-state index in [1.807, 2.05) is 30.4 Å². The maximum Gasteiger partial charge on any atom is 0.305 e. The largest absolute Gasteiger partial charge is 0.469 e. The highest BCUT2D eigenvalue weighted by Crippen LogP contribution is 2.27. The summed E-state index contributed by atoms with van der Waals surface area (Å²) in [4.78, 5) is 11.3. The zero-order chi connectivity index (χ0) is 23.0. The van der Waals surface area contributed by atoms with Crippen LogP contribution in [0.5, 0.6) is 0 Å². The Labute approximate surface area is 191 Å². The molecule has 0 radical (unpaired) electrons. The molecule has 0 aromatic heterocycles. The molecule has 0 bridgehead atoms. The lowest BCUT2D eigenvalue weighted by atomic mass is 9.95. The SMILES string of the molecule is CCS(=O)(=O)NC1CCNC1Cc1cccc(-c2ccccc2/C=C/CCC(=O)OC)c1. The average molecular weight is 457 g/mol. The average Bonchev–Trinajstić information content (AvgIpc) is 3.22. The van der Waals surface area contributed by atoms with Gasteiger partial charge in [-0.2, -0.15) is 0 Å². The van der Waals surface area contributed by atoms with E-state index < -0.39 is 10.0 Å². The van der Waals surface area contributed by atoms with Crippen LogP contribution < -0.4 is 10.0 Å². The van der Waals surface area contributed by atoms with Crippen molar-refractivity contribution in [2.75, 3.05) is 19.4 Å². The van der Waals surface area contributed by atoms with E-state index in [2.05, 4.69) is 45.1 Å². The maximum atomic E-state index is 12.0. The number of nitrogens with one attached hydrogen (secondary N) is 2. The third kappa shape index (κ3) is 6.76. The molecule has 2 atom stereocenters. The molecule has 0 amide bonds. The van der Waals surface area contributed by atoms with E-state index in [1.54, 1.807) is 6.92 Å². The number of allylic oxidation sites excluding steroid dienone is 1. The van der Waals surface area contributed by atoms with Crippen LogP contribution in [0.2, 0.25) is 0 Å². The minimum absolute atomic E-state index is 0.0695. The molecule has 1 aliphatic heterocycles. The number of hydrogen-bond acceptors (Lipinski definition) is 5. The zero-order valence-corrected chi connectivity index (χ0v) is 19.5. The van der Waals surface area contributed by atoms with Gasteiger partial charge in [0.2, 0.25) is 10.0 Å². The van der Waals surface area contributed by atoms with Gasteiger partial charge in [-0.25, -0.2) is 13.1 Å². The Kier molecular flexibility index (Phi) is 8.61. The van der Waals surface area contributed by atoms with Gasteiger partial charge >= 0.3 is 5.97 Å². The molecule has 2 unspecified atom stereocenters. The number of hydrogen-bond donors (Lipinski definition) is 2. The van der Waals surface area contributed by atoms with Gasteiger partial charge in [0.15, 0.2) is 0 Å². The predicted octanol–water partition coefficient (Wildman–Crippen LogP) is 3.53. The Morgan fingerprint density at radius 1 is 1.22 bits per heavy atom. The number of sulfonamides is 1. The Morgan fingerprint density at radius 2 is 2.03 bits per heavy atom. The Morgan fingerprint density at radius 3 is 2.81 bits per heavy atom. The van der Waals surface area contributed by atoms with E-state index in [4.69, 9.17) is 0 Å². The van der Waals surface area contributed by atoms with Crippen molar-refractivity contribution in [3.8, 4) is 11.1 Å². The molecule has 1 fully saturated rings. The second-order valence-corrected chi connectivity index (χ2v) is 10.0. The summed E-state index contributed by atoms with van der Waals surface area (Å²) >= 11 is 0. The van der Waals surface area contributed by atoms with Gasteiger partial charge in [-0.05, 0) is 55.0 Å². The van der Waals surface area contributed by atoms with E-state index in [-0.39, 0.29) is 23.8 Å². The summed E-state index contributed by atoms with van der Waals surface area (Å²) in [6.45, 7) is 2.46. The summed E-state index contributed by atoms with van der Waals surface area (Å²) in [6, 6.07) is 16.5. The monoisotopic (exact) mass is 456 g/mol. The number of ether oxygens (including phenoxy) is 1. The first-order chi connectivity index (χ1) is 15.4. The van der Waals surface area contributed by atoms with E-state index in [9.17, 15) is 13.2 Å². The highest BCUT2D eigenvalue weighted by atomic mass is 32.2. The van der Waals surface area contributed by atoms with E-state index >= 15 is 0 Å². The number of esters is 1. The first kappa shape index (κ1) is 24.2. The van der Waals surface area contributed by atoms with E-state index in [0.29, 0.717) is 12.8 Å². The van der Waals surface area contributed by atoms with Gasteiger partial charge in [0, 0.05) is 18.5 Å². The van der Waals surface area contributed by atoms with Crippen molar-refractivity contribution in [1.29, 1.82) is 0 Å². The summed E-state index contributed by atoms with van der Waals surface area (Å²) in [6.07, 6.45) is 6.57. The molecule has 2 N–H and O–H groups in total. The maximum absolute atomic E-state index is 12.0. The van der Waals surface area contributed by atoms with Gasteiger partial charge < -0.3 is 10.1 Å². The fourth-order valence-electron chi connectivity index (χ4n) is 3.98. The summed E-state index contributed by atoms with van der Waals surface area (Å²) in [5.41, 5.74) is 4.47. The molecule has 172 valence electrons. The lowest BCUT2D eigenvalue weighted by Gasteiger charge is -2.21. The second-order valence-electron chi connectivity index (χ2n) is 7.99. The Hall–Kier alpha value is -2.48. The van der Waals surface area contributed by atoms with Crippen LogP contribution in [0, 0.1) is 0 Å². The molecule has 1 saturated heterocycles. The molecular formula is C25H32N2O4S. The Bertz CT molecular complexity index is 1050. The van der Waals surface area contributed by atoms with Crippen molar-refractivity contribution < 1.29 is 17.9 Å². The smallest absolute Gasteiger partial charge is 0.305 e. The lowest BCUT2D eigenvalue weighted by molar-refractivity contribution is -0.140. The van der Waals surface area contributed by atoms with E-state index in [0.717, 1.165) is 41.6 Å². The van der Waals surface area contributed by atoms with Gasteiger partial charge in [0.1, 0.15) is 0 Å². The quantitative estimate of drug-likeness (QED) is 0.535. The normalized spacial score (nSPS) is 18.8. The molecule has 6 nitrogen and oxygen atoms in total. The number of rotatable bonds is 10. The summed E-state index contributed by atoms with van der Waals surface area (Å²) < 4.78 is 31.6. The Balaban J connectivity index is 1.74. The molecule has 32 heavy (non-hydrogen) atoms. The van der Waals surface area contributed by atoms with Crippen LogP contribution in [-0.4, -0.2) is 45.9 Å². The summed E-state index contributed by atoms with van der Waals surface area (Å²) in [5.74, 6) is -0.119. The van der Waals surface area contributed by atoms with Gasteiger partial charge in [0.25, 0.3) is 0 Å². The van der Waals surface area contributed by atoms with Gasteiger partial charge in [-0.3, -0.25) is 4.79 Å². The lowest BCUT2D eigenvalue weighted by Crippen LogP contribution is -2.45. The second kappa shape index (κ2) is 11.4. The van der Waals surface area contributed by atoms with Crippen LogP contribution in [-0.2, 0) is 26.0 Å². The molecular weight excluding hydrogens is 424 g/mol. The number of methoxy groups -OCH3 is 1. The predicted molar refractivity (Wildman–Crippen MR) is 129 cm³/mol. The topological polar surface area (TPSA) is 84.5 Å². The number of carbonyl (C=O) groups is 1. The number of carbonyl (C=O) groups excluding carboxylic acids is 1. The molecule has 3 rings (SSSR count). The third-order valence-corrected chi connectivity index (χ3v) is 7.18. The molecule has 1 heterocycles. The molecule has 2 aromatic rings. The van der Waals surface area contributed by atoms with Crippen molar-refractivity contribution in [3.05, 3.63) is 65.7 Å². The van der Waals surface area contributed by atoms with Crippen molar-refractivity contribution in [3.63, 3.8) is 0 Å². The minimum atomic E-state index is -3.23. The van der Waals surface area contributed by atoms with Crippen LogP contribution in [0.15, 0.2) is 54.6 Å². The van der Waals surface area contributed by atoms with Crippen molar-refractivity contribution in [1.82, 2.24) is 10.0 Å². The molecule has 0 saturated carbocycles. The van der Waals surface area contributed by atoms with Gasteiger partial charge in [0.05, 0.1) is 12.9 Å². The van der Waals surface area contributed by atoms with Gasteiger partial charge in [-0.15, -0.1) is 0 Å². The third-order valence-electron chi connectivity index (χ3n) is 5.75. The van der Waals surface area contributed by atoms with Crippen LogP contribution in [0.1, 0.15) is 37.3 Å². The number of benzene rings is 2. The van der Waals surface area contributed by atoms with Crippen LogP contribution in [0.25, 0.3) is 17.2 Å². The highest BCUT2D eigenvalue weighted by molar-refractivity contribution is 7.89. The van der Waals surface area contributed by atoms with E-state index in [1.165, 1.54) is 7.11 Å². The fourth-order valence-corrected chi connectivity index (χ4v) is 4.89. The van der Waals surface area contributed by atoms with Crippen LogP contribution in [0.3, 0.4) is 0 Å². The van der Waals surface area contributed by atoms with Crippen molar-refractivity contribution in [2.45, 2.75) is 44.7 Å². The fraction of sp³-hybridized carbons (Fsp3) is 0.400. The minimum Gasteiger partial charge on any atom is -0.469 e. The highest BCUT2D eigenvalue weighted by Gasteiger charge is 2.29. The summed E-state index contributed by atoms with van der Waals surface area (Å²) in [5, 5.41) is 3.44. The first-order valence-electron chi connectivity index (χ1n) is 11.1. The molecule has 1 aliphatic rings. The molecule has 0 spiro atoms. The molecule has 7 heteroatoms. The first-order valence-corrected chi connectivity index (χ1v) is 12.7. The van der Waals surface area contributed by atoms with Crippen LogP contribution >= 0.6 is 0 Å².